The molecule has 6 rings (SSSR count). The van der Waals surface area contributed by atoms with Crippen molar-refractivity contribution < 1.29 is 18.7 Å². The van der Waals surface area contributed by atoms with Crippen molar-refractivity contribution in [2.75, 3.05) is 19.6 Å². The summed E-state index contributed by atoms with van der Waals surface area (Å²) in [7, 11) is 0. The first-order valence-electron chi connectivity index (χ1n) is 12.3. The Hall–Kier alpha value is -3.33. The van der Waals surface area contributed by atoms with Crippen LogP contribution in [-0.4, -0.2) is 68.2 Å². The molecule has 2 atom stereocenters. The minimum absolute atomic E-state index is 0.0563. The van der Waals surface area contributed by atoms with Crippen LogP contribution in [0.25, 0.3) is 16.9 Å². The molecule has 35 heavy (non-hydrogen) atoms. The third kappa shape index (κ3) is 4.07. The van der Waals surface area contributed by atoms with E-state index in [1.54, 1.807) is 32.6 Å². The number of halogens is 1. The van der Waals surface area contributed by atoms with Crippen LogP contribution in [0.5, 0.6) is 0 Å². The second kappa shape index (κ2) is 8.41. The zero-order chi connectivity index (χ0) is 24.3. The highest BCUT2D eigenvalue weighted by Crippen LogP contribution is 2.37. The number of amides is 2. The number of hydrogen-bond acceptors (Lipinski definition) is 5. The predicted octanol–water partition coefficient (Wildman–Crippen LogP) is 3.47. The first-order chi connectivity index (χ1) is 16.9. The third-order valence-electron chi connectivity index (χ3n) is 7.18. The Morgan fingerprint density at radius 1 is 1.20 bits per heavy atom. The lowest BCUT2D eigenvalue weighted by molar-refractivity contribution is -0.131. The van der Waals surface area contributed by atoms with Crippen molar-refractivity contribution >= 4 is 17.5 Å². The van der Waals surface area contributed by atoms with Gasteiger partial charge in [0.15, 0.2) is 11.9 Å². The van der Waals surface area contributed by atoms with Gasteiger partial charge < -0.3 is 14.5 Å². The number of piperazine rings is 1. The Morgan fingerprint density at radius 3 is 2.69 bits per heavy atom. The Balaban J connectivity index is 1.26. The van der Waals surface area contributed by atoms with E-state index >= 15 is 0 Å². The molecule has 1 aliphatic carbocycles. The van der Waals surface area contributed by atoms with E-state index in [0.717, 1.165) is 17.5 Å². The van der Waals surface area contributed by atoms with E-state index < -0.39 is 6.23 Å². The van der Waals surface area contributed by atoms with Gasteiger partial charge >= 0.3 is 0 Å². The molecule has 0 spiro atoms. The molecule has 2 aromatic heterocycles. The number of rotatable bonds is 5. The van der Waals surface area contributed by atoms with E-state index in [4.69, 9.17) is 4.74 Å². The van der Waals surface area contributed by atoms with Crippen LogP contribution in [0, 0.1) is 11.7 Å². The maximum absolute atomic E-state index is 13.4. The van der Waals surface area contributed by atoms with E-state index in [1.165, 1.54) is 25.0 Å². The highest BCUT2D eigenvalue weighted by Gasteiger charge is 2.46. The molecule has 1 saturated carbocycles. The van der Waals surface area contributed by atoms with E-state index in [2.05, 4.69) is 23.9 Å². The van der Waals surface area contributed by atoms with Crippen LogP contribution in [0.2, 0.25) is 0 Å². The van der Waals surface area contributed by atoms with Crippen LogP contribution in [0.3, 0.4) is 0 Å². The molecule has 2 aliphatic heterocycles. The zero-order valence-electron chi connectivity index (χ0n) is 19.9. The number of fused-ring (bicyclic) bond motifs is 2. The molecular weight excluding hydrogens is 449 g/mol. The summed E-state index contributed by atoms with van der Waals surface area (Å²) in [4.78, 5) is 34.2. The van der Waals surface area contributed by atoms with Crippen LogP contribution in [0.15, 0.2) is 36.5 Å². The number of ether oxygens (including phenoxy) is 1. The van der Waals surface area contributed by atoms with Crippen molar-refractivity contribution in [2.24, 2.45) is 5.92 Å². The van der Waals surface area contributed by atoms with Gasteiger partial charge in [-0.15, -0.1) is 0 Å². The average Bonchev–Trinajstić information content (AvgIpc) is 3.48. The molecule has 1 aromatic carbocycles. The second-order valence-electron chi connectivity index (χ2n) is 10.1. The van der Waals surface area contributed by atoms with Gasteiger partial charge in [0.1, 0.15) is 17.6 Å². The van der Waals surface area contributed by atoms with E-state index in [0.29, 0.717) is 42.6 Å². The molecular formula is C26H28FN5O3. The lowest BCUT2D eigenvalue weighted by Gasteiger charge is -2.35. The smallest absolute Gasteiger partial charge is 0.274 e. The molecule has 3 fully saturated rings. The van der Waals surface area contributed by atoms with Gasteiger partial charge in [-0.25, -0.2) is 13.9 Å². The van der Waals surface area contributed by atoms with Crippen molar-refractivity contribution in [1.29, 1.82) is 0 Å². The molecule has 9 heteroatoms. The maximum Gasteiger partial charge on any atom is 0.274 e. The fourth-order valence-corrected chi connectivity index (χ4v) is 5.00. The Bertz CT molecular complexity index is 1300. The second-order valence-corrected chi connectivity index (χ2v) is 10.1. The van der Waals surface area contributed by atoms with Gasteiger partial charge in [0.2, 0.25) is 0 Å². The largest absolute Gasteiger partial charge is 0.343 e. The first-order valence-corrected chi connectivity index (χ1v) is 12.3. The molecule has 8 nitrogen and oxygen atoms in total. The van der Waals surface area contributed by atoms with E-state index in [9.17, 15) is 14.0 Å². The number of carbonyl (C=O) groups excluding carboxylic acids is 2. The monoisotopic (exact) mass is 477 g/mol. The van der Waals surface area contributed by atoms with Crippen molar-refractivity contribution in [2.45, 2.75) is 51.4 Å². The first kappa shape index (κ1) is 22.2. The van der Waals surface area contributed by atoms with Crippen molar-refractivity contribution in [3.63, 3.8) is 0 Å². The zero-order valence-corrected chi connectivity index (χ0v) is 19.9. The summed E-state index contributed by atoms with van der Waals surface area (Å²) in [5.74, 6) is 0.301. The third-order valence-corrected chi connectivity index (χ3v) is 7.18. The molecule has 2 saturated heterocycles. The SMILES string of the molecule is CC(C)c1cc(-c2ccc(F)cc2)nn2cc(C(=O)N3CCN4C(=O)[C@@H](CC5CC5)O[C@H]4C3)nc12. The van der Waals surface area contributed by atoms with Gasteiger partial charge in [0.05, 0.1) is 18.4 Å². The average molecular weight is 478 g/mol. The van der Waals surface area contributed by atoms with Crippen LogP contribution >= 0.6 is 0 Å². The highest BCUT2D eigenvalue weighted by atomic mass is 19.1. The summed E-state index contributed by atoms with van der Waals surface area (Å²) >= 11 is 0. The van der Waals surface area contributed by atoms with Crippen molar-refractivity contribution in [3.05, 3.63) is 53.6 Å². The fourth-order valence-electron chi connectivity index (χ4n) is 5.00. The number of carbonyl (C=O) groups is 2. The summed E-state index contributed by atoms with van der Waals surface area (Å²) in [5.41, 5.74) is 3.37. The van der Waals surface area contributed by atoms with Gasteiger partial charge in [0.25, 0.3) is 11.8 Å². The minimum Gasteiger partial charge on any atom is -0.343 e. The molecule has 0 unspecified atom stereocenters. The van der Waals surface area contributed by atoms with Gasteiger partial charge in [-0.2, -0.15) is 5.10 Å². The molecule has 0 N–H and O–H groups in total. The predicted molar refractivity (Wildman–Crippen MR) is 126 cm³/mol. The summed E-state index contributed by atoms with van der Waals surface area (Å²) < 4.78 is 21.1. The summed E-state index contributed by atoms with van der Waals surface area (Å²) in [6.07, 6.45) is 4.01. The summed E-state index contributed by atoms with van der Waals surface area (Å²) in [5, 5.41) is 4.66. The van der Waals surface area contributed by atoms with Crippen LogP contribution in [-0.2, 0) is 9.53 Å². The lowest BCUT2D eigenvalue weighted by Crippen LogP contribution is -2.53. The molecule has 2 amide bonds. The number of benzene rings is 1. The minimum atomic E-state index is -0.393. The molecule has 0 bridgehead atoms. The van der Waals surface area contributed by atoms with Gasteiger partial charge in [0, 0.05) is 24.2 Å². The normalized spacial score (nSPS) is 22.3. The Labute approximate surface area is 202 Å². The number of imidazole rings is 1. The number of nitrogens with zero attached hydrogens (tertiary/aromatic N) is 5. The van der Waals surface area contributed by atoms with Crippen molar-refractivity contribution in [3.8, 4) is 11.3 Å². The highest BCUT2D eigenvalue weighted by molar-refractivity contribution is 5.93. The summed E-state index contributed by atoms with van der Waals surface area (Å²) in [6, 6.07) is 8.14. The van der Waals surface area contributed by atoms with Gasteiger partial charge in [-0.05, 0) is 48.6 Å². The molecule has 4 heterocycles. The van der Waals surface area contributed by atoms with Gasteiger partial charge in [-0.1, -0.05) is 26.7 Å². The quantitative estimate of drug-likeness (QED) is 0.562. The van der Waals surface area contributed by atoms with Crippen LogP contribution in [0.1, 0.15) is 55.1 Å². The lowest BCUT2D eigenvalue weighted by atomic mass is 10.0. The number of hydrogen-bond donors (Lipinski definition) is 0. The topological polar surface area (TPSA) is 80.0 Å². The Kier molecular flexibility index (Phi) is 5.32. The van der Waals surface area contributed by atoms with Gasteiger partial charge in [-0.3, -0.25) is 9.59 Å². The fraction of sp³-hybridized carbons (Fsp3) is 0.462. The molecule has 0 radical (unpaired) electrons. The van der Waals surface area contributed by atoms with Crippen LogP contribution in [0.4, 0.5) is 4.39 Å². The number of aromatic nitrogens is 3. The standard InChI is InChI=1S/C26H28FN5O3/c1-15(2)19-12-20(17-5-7-18(27)8-6-17)29-32-13-21(28-24(19)32)25(33)30-9-10-31-23(14-30)35-22(26(31)34)11-16-3-4-16/h5-8,12-13,15-16,22-23H,3-4,9-11,14H2,1-2H3/t22-,23+/m1/s1. The van der Waals surface area contributed by atoms with E-state index in [-0.39, 0.29) is 29.7 Å². The van der Waals surface area contributed by atoms with Crippen molar-refractivity contribution in [1.82, 2.24) is 24.4 Å². The summed E-state index contributed by atoms with van der Waals surface area (Å²) in [6.45, 7) is 5.37. The van der Waals surface area contributed by atoms with Crippen LogP contribution < -0.4 is 0 Å². The molecule has 3 aromatic rings. The molecule has 182 valence electrons. The maximum atomic E-state index is 13.4. The Morgan fingerprint density at radius 2 is 1.97 bits per heavy atom. The van der Waals surface area contributed by atoms with E-state index in [1.807, 2.05) is 6.07 Å². The molecule has 3 aliphatic rings.